The minimum atomic E-state index is -0.0229. The van der Waals surface area contributed by atoms with E-state index < -0.39 is 0 Å². The molecule has 1 unspecified atom stereocenters. The number of rotatable bonds is 8. The van der Waals surface area contributed by atoms with Crippen molar-refractivity contribution in [2.24, 2.45) is 0 Å². The Balaban J connectivity index is 1.27. The molecule has 0 spiro atoms. The van der Waals surface area contributed by atoms with Gasteiger partial charge in [-0.2, -0.15) is 0 Å². The number of carbonyl (C=O) groups excluding carboxylic acids is 1. The highest BCUT2D eigenvalue weighted by molar-refractivity contribution is 5.75. The number of aromatic nitrogens is 1. The standard InChI is InChI=1S/C23H26N4O3/c1-3-27-21(25-26(2)23(27)28)15-17-9-11-20(12-10-17)29-14-13-19-16-30-22(24-19)18-7-5-4-6-8-18/h4-12,16,21,25H,3,13-15H2,1-2H3. The molecule has 2 heterocycles. The van der Waals surface area contributed by atoms with Gasteiger partial charge in [-0.25, -0.2) is 15.2 Å². The van der Waals surface area contributed by atoms with E-state index in [9.17, 15) is 4.79 Å². The molecule has 1 aliphatic rings. The molecule has 30 heavy (non-hydrogen) atoms. The number of hydrogen-bond acceptors (Lipinski definition) is 5. The van der Waals surface area contributed by atoms with Crippen LogP contribution in [-0.4, -0.2) is 47.3 Å². The van der Waals surface area contributed by atoms with Crippen LogP contribution in [0.3, 0.4) is 0 Å². The maximum absolute atomic E-state index is 12.1. The number of nitrogens with zero attached hydrogens (tertiary/aromatic N) is 3. The van der Waals surface area contributed by atoms with Gasteiger partial charge in [-0.3, -0.25) is 5.01 Å². The molecular formula is C23H26N4O3. The van der Waals surface area contributed by atoms with Crippen molar-refractivity contribution in [2.75, 3.05) is 20.2 Å². The Hall–Kier alpha value is -3.32. The largest absolute Gasteiger partial charge is 0.493 e. The molecule has 2 amide bonds. The first kappa shape index (κ1) is 20.0. The van der Waals surface area contributed by atoms with Gasteiger partial charge in [0.25, 0.3) is 0 Å². The van der Waals surface area contributed by atoms with Crippen molar-refractivity contribution in [1.29, 1.82) is 0 Å². The quantitative estimate of drug-likeness (QED) is 0.617. The van der Waals surface area contributed by atoms with E-state index in [2.05, 4.69) is 10.4 Å². The van der Waals surface area contributed by atoms with Crippen LogP contribution in [-0.2, 0) is 12.8 Å². The Bertz CT molecular complexity index is 972. The van der Waals surface area contributed by atoms with E-state index in [0.717, 1.165) is 29.0 Å². The zero-order valence-corrected chi connectivity index (χ0v) is 17.2. The Morgan fingerprint density at radius 2 is 1.90 bits per heavy atom. The molecule has 7 heteroatoms. The monoisotopic (exact) mass is 406 g/mol. The second kappa shape index (κ2) is 9.00. The van der Waals surface area contributed by atoms with Gasteiger partial charge in [0.15, 0.2) is 0 Å². The van der Waals surface area contributed by atoms with Crippen LogP contribution in [0.1, 0.15) is 18.2 Å². The fourth-order valence-corrected chi connectivity index (χ4v) is 3.54. The van der Waals surface area contributed by atoms with E-state index in [1.807, 2.05) is 66.4 Å². The summed E-state index contributed by atoms with van der Waals surface area (Å²) in [5, 5.41) is 1.54. The minimum Gasteiger partial charge on any atom is -0.493 e. The number of ether oxygens (including phenoxy) is 1. The molecule has 2 aromatic carbocycles. The van der Waals surface area contributed by atoms with Crippen molar-refractivity contribution < 1.29 is 13.9 Å². The van der Waals surface area contributed by atoms with E-state index >= 15 is 0 Å². The average Bonchev–Trinajstić information content (AvgIpc) is 3.34. The molecule has 1 atom stereocenters. The lowest BCUT2D eigenvalue weighted by Crippen LogP contribution is -2.39. The van der Waals surface area contributed by atoms with E-state index in [1.54, 1.807) is 18.3 Å². The fraction of sp³-hybridized carbons (Fsp3) is 0.304. The number of carbonyl (C=O) groups is 1. The lowest BCUT2D eigenvalue weighted by molar-refractivity contribution is 0.193. The molecule has 156 valence electrons. The molecule has 0 radical (unpaired) electrons. The molecule has 4 rings (SSSR count). The van der Waals surface area contributed by atoms with Crippen LogP contribution < -0.4 is 10.2 Å². The molecular weight excluding hydrogens is 380 g/mol. The Morgan fingerprint density at radius 3 is 2.63 bits per heavy atom. The summed E-state index contributed by atoms with van der Waals surface area (Å²) in [6, 6.07) is 17.9. The van der Waals surface area contributed by atoms with Crippen LogP contribution in [0.15, 0.2) is 65.3 Å². The van der Waals surface area contributed by atoms with Crippen molar-refractivity contribution in [3.05, 3.63) is 72.1 Å². The number of amides is 2. The van der Waals surface area contributed by atoms with Crippen LogP contribution in [0, 0.1) is 0 Å². The summed E-state index contributed by atoms with van der Waals surface area (Å²) in [4.78, 5) is 18.4. The summed E-state index contributed by atoms with van der Waals surface area (Å²) >= 11 is 0. The first-order valence-electron chi connectivity index (χ1n) is 10.2. The van der Waals surface area contributed by atoms with Crippen LogP contribution in [0.4, 0.5) is 4.79 Å². The van der Waals surface area contributed by atoms with Gasteiger partial charge in [0.1, 0.15) is 18.2 Å². The molecule has 0 saturated carbocycles. The third-order valence-corrected chi connectivity index (χ3v) is 5.14. The molecule has 1 aliphatic heterocycles. The highest BCUT2D eigenvalue weighted by atomic mass is 16.5. The maximum Gasteiger partial charge on any atom is 0.335 e. The van der Waals surface area contributed by atoms with Gasteiger partial charge >= 0.3 is 6.03 Å². The van der Waals surface area contributed by atoms with Crippen LogP contribution >= 0.6 is 0 Å². The third kappa shape index (κ3) is 4.46. The molecule has 3 aromatic rings. The molecule has 1 saturated heterocycles. The highest BCUT2D eigenvalue weighted by Gasteiger charge is 2.33. The number of benzene rings is 2. The average molecular weight is 406 g/mol. The SMILES string of the molecule is CCN1C(=O)N(C)NC1Cc1ccc(OCCc2coc(-c3ccccc3)n2)cc1. The normalized spacial score (nSPS) is 16.3. The zero-order chi connectivity index (χ0) is 20.9. The van der Waals surface area contributed by atoms with Gasteiger partial charge in [0, 0.05) is 32.0 Å². The van der Waals surface area contributed by atoms with Crippen molar-refractivity contribution in [3.8, 4) is 17.2 Å². The predicted octanol–water partition coefficient (Wildman–Crippen LogP) is 3.72. The molecule has 0 bridgehead atoms. The molecule has 7 nitrogen and oxygen atoms in total. The predicted molar refractivity (Wildman–Crippen MR) is 114 cm³/mol. The first-order valence-corrected chi connectivity index (χ1v) is 10.2. The van der Waals surface area contributed by atoms with Gasteiger partial charge in [0.05, 0.1) is 12.3 Å². The molecule has 1 aromatic heterocycles. The molecule has 1 fully saturated rings. The second-order valence-corrected chi connectivity index (χ2v) is 7.23. The lowest BCUT2D eigenvalue weighted by Gasteiger charge is -2.20. The van der Waals surface area contributed by atoms with Gasteiger partial charge in [0.2, 0.25) is 5.89 Å². The topological polar surface area (TPSA) is 70.8 Å². The summed E-state index contributed by atoms with van der Waals surface area (Å²) in [5.41, 5.74) is 6.17. The van der Waals surface area contributed by atoms with E-state index in [4.69, 9.17) is 9.15 Å². The number of urea groups is 1. The Morgan fingerprint density at radius 1 is 1.13 bits per heavy atom. The van der Waals surface area contributed by atoms with Crippen LogP contribution in [0.2, 0.25) is 0 Å². The summed E-state index contributed by atoms with van der Waals surface area (Å²) in [6.45, 7) is 3.18. The van der Waals surface area contributed by atoms with E-state index in [0.29, 0.717) is 25.5 Å². The summed E-state index contributed by atoms with van der Waals surface area (Å²) < 4.78 is 11.4. The molecule has 1 N–H and O–H groups in total. The number of hydrazine groups is 1. The van der Waals surface area contributed by atoms with Crippen LogP contribution in [0.25, 0.3) is 11.5 Å². The van der Waals surface area contributed by atoms with Crippen molar-refractivity contribution in [1.82, 2.24) is 20.3 Å². The minimum absolute atomic E-state index is 0.00531. The van der Waals surface area contributed by atoms with Crippen molar-refractivity contribution >= 4 is 6.03 Å². The number of nitrogens with one attached hydrogen (secondary N) is 1. The highest BCUT2D eigenvalue weighted by Crippen LogP contribution is 2.20. The zero-order valence-electron chi connectivity index (χ0n) is 17.2. The van der Waals surface area contributed by atoms with Gasteiger partial charge < -0.3 is 14.1 Å². The van der Waals surface area contributed by atoms with Gasteiger partial charge in [-0.15, -0.1) is 0 Å². The summed E-state index contributed by atoms with van der Waals surface area (Å²) in [6.07, 6.45) is 3.07. The number of likely N-dealkylation sites (N-methyl/N-ethyl adjacent to an activating group) is 1. The third-order valence-electron chi connectivity index (χ3n) is 5.14. The van der Waals surface area contributed by atoms with Crippen molar-refractivity contribution in [3.63, 3.8) is 0 Å². The van der Waals surface area contributed by atoms with E-state index in [-0.39, 0.29) is 12.2 Å². The number of hydrogen-bond donors (Lipinski definition) is 1. The summed E-state index contributed by atoms with van der Waals surface area (Å²) in [5.74, 6) is 1.44. The second-order valence-electron chi connectivity index (χ2n) is 7.23. The fourth-order valence-electron chi connectivity index (χ4n) is 3.54. The summed E-state index contributed by atoms with van der Waals surface area (Å²) in [7, 11) is 1.75. The Labute approximate surface area is 176 Å². The van der Waals surface area contributed by atoms with Crippen molar-refractivity contribution in [2.45, 2.75) is 25.9 Å². The van der Waals surface area contributed by atoms with Gasteiger partial charge in [-0.1, -0.05) is 30.3 Å². The maximum atomic E-state index is 12.1. The number of oxazole rings is 1. The lowest BCUT2D eigenvalue weighted by atomic mass is 10.1. The first-order chi connectivity index (χ1) is 14.6. The Kier molecular flexibility index (Phi) is 5.99. The van der Waals surface area contributed by atoms with E-state index in [1.165, 1.54) is 0 Å². The van der Waals surface area contributed by atoms with Gasteiger partial charge in [-0.05, 0) is 36.8 Å². The van der Waals surface area contributed by atoms with Crippen LogP contribution in [0.5, 0.6) is 5.75 Å². The smallest absolute Gasteiger partial charge is 0.335 e. The molecule has 0 aliphatic carbocycles.